The second-order valence-electron chi connectivity index (χ2n) is 8.29. The van der Waals surface area contributed by atoms with Crippen LogP contribution in [-0.2, 0) is 18.9 Å². The minimum absolute atomic E-state index is 0.177. The van der Waals surface area contributed by atoms with Crippen molar-refractivity contribution < 1.29 is 43.2 Å². The highest BCUT2D eigenvalue weighted by atomic mass is 35.5. The van der Waals surface area contributed by atoms with Gasteiger partial charge in [-0.05, 0) is 48.5 Å². The molecule has 198 valence electrons. The van der Waals surface area contributed by atoms with E-state index in [9.17, 15) is 19.5 Å². The zero-order valence-corrected chi connectivity index (χ0v) is 21.0. The van der Waals surface area contributed by atoms with Gasteiger partial charge in [-0.2, -0.15) is 0 Å². The summed E-state index contributed by atoms with van der Waals surface area (Å²) in [5, 5.41) is 10.7. The van der Waals surface area contributed by atoms with Crippen molar-refractivity contribution in [3.63, 3.8) is 0 Å². The standard InChI is InChI=1S/C28H25ClO9/c1-34-20-14-12-19(13-15-20)27(32)36-22-21(16-29)35-28(33)24(38-26(31)18-10-6-3-7-11-18)23(22)37-25(30)17-8-4-2-5-9-17/h2-15,21-24,28,33H,16H2,1H3/t21-,22-,23+,24-,28-/m1/s1. The molecule has 38 heavy (non-hydrogen) atoms. The van der Waals surface area contributed by atoms with Crippen molar-refractivity contribution in [1.82, 2.24) is 0 Å². The Labute approximate surface area is 223 Å². The Kier molecular flexibility index (Phi) is 8.96. The highest BCUT2D eigenvalue weighted by molar-refractivity contribution is 6.18. The van der Waals surface area contributed by atoms with Gasteiger partial charge in [0.25, 0.3) is 0 Å². The summed E-state index contributed by atoms with van der Waals surface area (Å²) in [4.78, 5) is 38.9. The first-order valence-electron chi connectivity index (χ1n) is 11.7. The van der Waals surface area contributed by atoms with Gasteiger partial charge in [-0.25, -0.2) is 14.4 Å². The summed E-state index contributed by atoms with van der Waals surface area (Å²) in [5.74, 6) is -2.06. The van der Waals surface area contributed by atoms with Crippen molar-refractivity contribution >= 4 is 29.5 Å². The van der Waals surface area contributed by atoms with Crippen molar-refractivity contribution in [1.29, 1.82) is 0 Å². The molecule has 1 aliphatic rings. The second-order valence-corrected chi connectivity index (χ2v) is 8.60. The molecule has 0 unspecified atom stereocenters. The molecule has 10 heteroatoms. The van der Waals surface area contributed by atoms with E-state index in [1.165, 1.54) is 43.5 Å². The van der Waals surface area contributed by atoms with Crippen LogP contribution in [0.2, 0.25) is 0 Å². The van der Waals surface area contributed by atoms with Crippen LogP contribution in [0.3, 0.4) is 0 Å². The summed E-state index contributed by atoms with van der Waals surface area (Å²) in [6, 6.07) is 22.3. The van der Waals surface area contributed by atoms with Gasteiger partial charge in [-0.1, -0.05) is 36.4 Å². The first-order valence-corrected chi connectivity index (χ1v) is 12.2. The van der Waals surface area contributed by atoms with Crippen LogP contribution in [0.25, 0.3) is 0 Å². The van der Waals surface area contributed by atoms with Crippen LogP contribution in [0.5, 0.6) is 5.75 Å². The maximum absolute atomic E-state index is 13.0. The average Bonchev–Trinajstić information content (AvgIpc) is 2.96. The first kappa shape index (κ1) is 27.1. The molecule has 0 amide bonds. The topological polar surface area (TPSA) is 118 Å². The number of carbonyl (C=O) groups excluding carboxylic acids is 3. The van der Waals surface area contributed by atoms with E-state index in [2.05, 4.69) is 0 Å². The molecule has 3 aromatic rings. The molecule has 1 heterocycles. The molecule has 1 aliphatic heterocycles. The third kappa shape index (κ3) is 6.31. The monoisotopic (exact) mass is 540 g/mol. The summed E-state index contributed by atoms with van der Waals surface area (Å²) >= 11 is 6.09. The van der Waals surface area contributed by atoms with Crippen LogP contribution in [0, 0.1) is 0 Å². The average molecular weight is 541 g/mol. The smallest absolute Gasteiger partial charge is 0.338 e. The Balaban J connectivity index is 1.65. The van der Waals surface area contributed by atoms with E-state index in [0.29, 0.717) is 5.75 Å². The Hall–Kier alpha value is -3.92. The molecular weight excluding hydrogens is 516 g/mol. The van der Waals surface area contributed by atoms with Gasteiger partial charge in [0.15, 0.2) is 24.6 Å². The van der Waals surface area contributed by atoms with E-state index < -0.39 is 48.6 Å². The SMILES string of the molecule is COc1ccc(C(=O)O[C@H]2[C@H](OC(=O)c3ccccc3)[C@@H](OC(=O)c3ccccc3)[C@H](O)O[C@@H]2CCl)cc1. The lowest BCUT2D eigenvalue weighted by Gasteiger charge is -2.42. The maximum atomic E-state index is 13.0. The number of aliphatic hydroxyl groups is 1. The number of methoxy groups -OCH3 is 1. The molecule has 0 saturated carbocycles. The van der Waals surface area contributed by atoms with E-state index in [4.69, 9.17) is 35.3 Å². The van der Waals surface area contributed by atoms with E-state index >= 15 is 0 Å². The number of rotatable bonds is 8. The normalized spacial score (nSPS) is 22.7. The Bertz CT molecular complexity index is 1230. The lowest BCUT2D eigenvalue weighted by atomic mass is 9.98. The molecule has 5 atom stereocenters. The highest BCUT2D eigenvalue weighted by Gasteiger charge is 2.52. The third-order valence-corrected chi connectivity index (χ3v) is 6.14. The molecular formula is C28H25ClO9. The molecule has 0 spiro atoms. The van der Waals surface area contributed by atoms with E-state index in [1.807, 2.05) is 0 Å². The number of benzene rings is 3. The largest absolute Gasteiger partial charge is 0.497 e. The Morgan fingerprint density at radius 1 is 0.711 bits per heavy atom. The predicted octanol–water partition coefficient (Wildman–Crippen LogP) is 3.63. The summed E-state index contributed by atoms with van der Waals surface area (Å²) < 4.78 is 27.6. The summed E-state index contributed by atoms with van der Waals surface area (Å²) in [7, 11) is 1.49. The highest BCUT2D eigenvalue weighted by Crippen LogP contribution is 2.30. The predicted molar refractivity (Wildman–Crippen MR) is 135 cm³/mol. The van der Waals surface area contributed by atoms with Crippen molar-refractivity contribution in [2.24, 2.45) is 0 Å². The molecule has 1 N–H and O–H groups in total. The van der Waals surface area contributed by atoms with Crippen LogP contribution in [0.15, 0.2) is 84.9 Å². The van der Waals surface area contributed by atoms with Crippen LogP contribution in [0.1, 0.15) is 31.1 Å². The summed E-state index contributed by atoms with van der Waals surface area (Å²) in [6.07, 6.45) is -7.13. The van der Waals surface area contributed by atoms with Gasteiger partial charge in [-0.3, -0.25) is 0 Å². The quantitative estimate of drug-likeness (QED) is 0.259. The molecule has 0 aliphatic carbocycles. The van der Waals surface area contributed by atoms with Gasteiger partial charge in [0, 0.05) is 0 Å². The number of hydrogen-bond donors (Lipinski definition) is 1. The number of hydrogen-bond acceptors (Lipinski definition) is 9. The molecule has 0 aromatic heterocycles. The number of ether oxygens (including phenoxy) is 5. The van der Waals surface area contributed by atoms with Gasteiger partial charge in [0.05, 0.1) is 29.7 Å². The van der Waals surface area contributed by atoms with Gasteiger partial charge in [0.1, 0.15) is 11.9 Å². The molecule has 3 aromatic carbocycles. The number of aliphatic hydroxyl groups excluding tert-OH is 1. The van der Waals surface area contributed by atoms with Gasteiger partial charge >= 0.3 is 17.9 Å². The zero-order valence-electron chi connectivity index (χ0n) is 20.3. The van der Waals surface area contributed by atoms with Gasteiger partial charge in [-0.15, -0.1) is 11.6 Å². The fourth-order valence-electron chi connectivity index (χ4n) is 3.87. The lowest BCUT2D eigenvalue weighted by Crippen LogP contribution is -2.62. The van der Waals surface area contributed by atoms with Crippen LogP contribution in [0.4, 0.5) is 0 Å². The molecule has 0 radical (unpaired) electrons. The van der Waals surface area contributed by atoms with Crippen molar-refractivity contribution in [3.8, 4) is 5.75 Å². The van der Waals surface area contributed by atoms with E-state index in [-0.39, 0.29) is 22.6 Å². The van der Waals surface area contributed by atoms with Crippen molar-refractivity contribution in [2.75, 3.05) is 13.0 Å². The van der Waals surface area contributed by atoms with Crippen LogP contribution >= 0.6 is 11.6 Å². The molecule has 0 bridgehead atoms. The summed E-state index contributed by atoms with van der Waals surface area (Å²) in [5.41, 5.74) is 0.569. The Morgan fingerprint density at radius 3 is 1.63 bits per heavy atom. The first-order chi connectivity index (χ1) is 18.4. The molecule has 9 nitrogen and oxygen atoms in total. The third-order valence-electron chi connectivity index (χ3n) is 5.84. The maximum Gasteiger partial charge on any atom is 0.338 e. The molecule has 1 fully saturated rings. The number of carbonyl (C=O) groups is 3. The lowest BCUT2D eigenvalue weighted by molar-refractivity contribution is -0.274. The Morgan fingerprint density at radius 2 is 1.16 bits per heavy atom. The van der Waals surface area contributed by atoms with Crippen LogP contribution in [-0.4, -0.2) is 66.7 Å². The van der Waals surface area contributed by atoms with Crippen molar-refractivity contribution in [2.45, 2.75) is 30.7 Å². The zero-order chi connectivity index (χ0) is 27.1. The molecule has 4 rings (SSSR count). The van der Waals surface area contributed by atoms with Crippen LogP contribution < -0.4 is 4.74 Å². The minimum Gasteiger partial charge on any atom is -0.497 e. The number of alkyl halides is 1. The fourth-order valence-corrected chi connectivity index (χ4v) is 4.12. The van der Waals surface area contributed by atoms with E-state index in [0.717, 1.165) is 0 Å². The van der Waals surface area contributed by atoms with Gasteiger partial charge < -0.3 is 28.8 Å². The number of halogens is 1. The number of esters is 3. The van der Waals surface area contributed by atoms with Crippen molar-refractivity contribution in [3.05, 3.63) is 102 Å². The fraction of sp³-hybridized carbons (Fsp3) is 0.250. The molecule has 1 saturated heterocycles. The summed E-state index contributed by atoms with van der Waals surface area (Å²) in [6.45, 7) is 0. The van der Waals surface area contributed by atoms with Gasteiger partial charge in [0.2, 0.25) is 0 Å². The second kappa shape index (κ2) is 12.6. The minimum atomic E-state index is -1.73. The van der Waals surface area contributed by atoms with E-state index in [1.54, 1.807) is 48.5 Å².